The molecule has 3 nitrogen and oxygen atoms in total. The zero-order chi connectivity index (χ0) is 11.1. The van der Waals surface area contributed by atoms with E-state index in [9.17, 15) is 0 Å². The van der Waals surface area contributed by atoms with Gasteiger partial charge in [-0.3, -0.25) is 4.90 Å². The topological polar surface area (TPSA) is 35.8 Å². The first kappa shape index (κ1) is 12.5. The van der Waals surface area contributed by atoms with Gasteiger partial charge in [-0.25, -0.2) is 0 Å². The van der Waals surface area contributed by atoms with Crippen LogP contribution in [0.2, 0.25) is 0 Å². The van der Waals surface area contributed by atoms with E-state index in [4.69, 9.17) is 5.21 Å². The van der Waals surface area contributed by atoms with Crippen LogP contribution in [-0.2, 0) is 0 Å². The molecular weight excluding hydrogens is 188 g/mol. The van der Waals surface area contributed by atoms with Crippen LogP contribution in [0.15, 0.2) is 5.16 Å². The number of hydrogen-bond donors (Lipinski definition) is 1. The fourth-order valence-corrected chi connectivity index (χ4v) is 2.44. The smallest absolute Gasteiger partial charge is 0.0739 e. The lowest BCUT2D eigenvalue weighted by Gasteiger charge is -2.34. The van der Waals surface area contributed by atoms with Crippen LogP contribution >= 0.6 is 0 Å². The minimum absolute atomic E-state index is 0.380. The van der Waals surface area contributed by atoms with E-state index in [1.807, 2.05) is 0 Å². The van der Waals surface area contributed by atoms with Gasteiger partial charge in [-0.15, -0.1) is 0 Å². The summed E-state index contributed by atoms with van der Waals surface area (Å²) in [6.45, 7) is 6.61. The lowest BCUT2D eigenvalue weighted by Crippen LogP contribution is -2.43. The zero-order valence-electron chi connectivity index (χ0n) is 10.1. The van der Waals surface area contributed by atoms with E-state index in [2.05, 4.69) is 23.9 Å². The van der Waals surface area contributed by atoms with Gasteiger partial charge in [0.2, 0.25) is 0 Å². The van der Waals surface area contributed by atoms with Gasteiger partial charge in [-0.1, -0.05) is 31.8 Å². The monoisotopic (exact) mass is 212 g/mol. The van der Waals surface area contributed by atoms with Crippen LogP contribution in [0.25, 0.3) is 0 Å². The minimum Gasteiger partial charge on any atom is -0.411 e. The molecule has 0 aromatic heterocycles. The lowest BCUT2D eigenvalue weighted by molar-refractivity contribution is 0.188. The van der Waals surface area contributed by atoms with E-state index in [0.29, 0.717) is 6.04 Å². The molecule has 3 heteroatoms. The van der Waals surface area contributed by atoms with Gasteiger partial charge in [-0.05, 0) is 38.8 Å². The van der Waals surface area contributed by atoms with Crippen LogP contribution in [0.1, 0.15) is 52.4 Å². The number of piperidine rings is 1. The molecule has 0 aliphatic carbocycles. The van der Waals surface area contributed by atoms with Crippen LogP contribution in [0.5, 0.6) is 0 Å². The van der Waals surface area contributed by atoms with Crippen LogP contribution in [0.4, 0.5) is 0 Å². The Labute approximate surface area is 93.2 Å². The van der Waals surface area contributed by atoms with Crippen molar-refractivity contribution in [2.75, 3.05) is 13.1 Å². The Balaban J connectivity index is 2.62. The van der Waals surface area contributed by atoms with Crippen molar-refractivity contribution < 1.29 is 5.21 Å². The summed E-state index contributed by atoms with van der Waals surface area (Å²) in [5, 5.41) is 12.5. The fraction of sp³-hybridized carbons (Fsp3) is 0.917. The van der Waals surface area contributed by atoms with E-state index in [-0.39, 0.29) is 0 Å². The largest absolute Gasteiger partial charge is 0.411 e. The quantitative estimate of drug-likeness (QED) is 0.432. The second kappa shape index (κ2) is 6.83. The predicted molar refractivity (Wildman–Crippen MR) is 63.6 cm³/mol. The van der Waals surface area contributed by atoms with Gasteiger partial charge in [0.05, 0.1) is 11.8 Å². The molecule has 0 aromatic rings. The highest BCUT2D eigenvalue weighted by Crippen LogP contribution is 2.17. The highest BCUT2D eigenvalue weighted by molar-refractivity contribution is 5.88. The van der Waals surface area contributed by atoms with E-state index < -0.39 is 0 Å². The van der Waals surface area contributed by atoms with E-state index in [0.717, 1.165) is 25.0 Å². The Bertz CT molecular complexity index is 198. The van der Waals surface area contributed by atoms with E-state index in [1.54, 1.807) is 0 Å². The van der Waals surface area contributed by atoms with Crippen molar-refractivity contribution in [1.82, 2.24) is 4.90 Å². The molecule has 0 saturated carbocycles. The summed E-state index contributed by atoms with van der Waals surface area (Å²) in [5.41, 5.74) is 0.957. The molecule has 1 atom stereocenters. The first-order valence-electron chi connectivity index (χ1n) is 6.28. The number of rotatable bonds is 5. The molecule has 15 heavy (non-hydrogen) atoms. The Morgan fingerprint density at radius 3 is 2.40 bits per heavy atom. The summed E-state index contributed by atoms with van der Waals surface area (Å²) < 4.78 is 0. The maximum Gasteiger partial charge on any atom is 0.0739 e. The third-order valence-corrected chi connectivity index (χ3v) is 3.27. The standard InChI is InChI=1S/C12H24N2O/c1-3-8-12(11(4-2)13-15)14-9-6-5-7-10-14/h12,15H,3-10H2,1-2H3. The van der Waals surface area contributed by atoms with Crippen molar-refractivity contribution >= 4 is 5.71 Å². The maximum atomic E-state index is 9.02. The average Bonchev–Trinajstić information content (AvgIpc) is 2.30. The second-order valence-electron chi connectivity index (χ2n) is 4.35. The number of likely N-dealkylation sites (tertiary alicyclic amines) is 1. The Morgan fingerprint density at radius 2 is 1.93 bits per heavy atom. The molecule has 0 spiro atoms. The van der Waals surface area contributed by atoms with Crippen LogP contribution < -0.4 is 0 Å². The van der Waals surface area contributed by atoms with Gasteiger partial charge < -0.3 is 5.21 Å². The molecule has 1 N–H and O–H groups in total. The number of hydrogen-bond acceptors (Lipinski definition) is 3. The Hall–Kier alpha value is -0.570. The molecule has 0 bridgehead atoms. The summed E-state index contributed by atoms with van der Waals surface area (Å²) in [4.78, 5) is 2.49. The van der Waals surface area contributed by atoms with Gasteiger partial charge in [0.15, 0.2) is 0 Å². The van der Waals surface area contributed by atoms with Crippen LogP contribution in [0, 0.1) is 0 Å². The molecule has 1 saturated heterocycles. The second-order valence-corrected chi connectivity index (χ2v) is 4.35. The molecule has 1 fully saturated rings. The van der Waals surface area contributed by atoms with E-state index >= 15 is 0 Å². The summed E-state index contributed by atoms with van der Waals surface area (Å²) >= 11 is 0. The number of nitrogens with zero attached hydrogens (tertiary/aromatic N) is 2. The third-order valence-electron chi connectivity index (χ3n) is 3.27. The van der Waals surface area contributed by atoms with Gasteiger partial charge in [0.1, 0.15) is 0 Å². The van der Waals surface area contributed by atoms with Crippen molar-refractivity contribution in [1.29, 1.82) is 0 Å². The summed E-state index contributed by atoms with van der Waals surface area (Å²) in [6, 6.07) is 0.380. The van der Waals surface area contributed by atoms with Crippen LogP contribution in [-0.4, -0.2) is 35.0 Å². The molecule has 0 radical (unpaired) electrons. The molecule has 1 unspecified atom stereocenters. The SMILES string of the molecule is CCCC(C(CC)=NO)N1CCCCC1. The van der Waals surface area contributed by atoms with Crippen molar-refractivity contribution in [3.8, 4) is 0 Å². The molecular formula is C12H24N2O. The van der Waals surface area contributed by atoms with Gasteiger partial charge in [0, 0.05) is 0 Å². The summed E-state index contributed by atoms with van der Waals surface area (Å²) in [6.07, 6.45) is 7.07. The highest BCUT2D eigenvalue weighted by Gasteiger charge is 2.23. The molecule has 0 aromatic carbocycles. The predicted octanol–water partition coefficient (Wildman–Crippen LogP) is 2.88. The normalized spacial score (nSPS) is 21.6. The van der Waals surface area contributed by atoms with Crippen LogP contribution in [0.3, 0.4) is 0 Å². The molecule has 1 aliphatic heterocycles. The van der Waals surface area contributed by atoms with Crippen molar-refractivity contribution in [2.45, 2.75) is 58.4 Å². The van der Waals surface area contributed by atoms with Gasteiger partial charge >= 0.3 is 0 Å². The van der Waals surface area contributed by atoms with Gasteiger partial charge in [-0.2, -0.15) is 0 Å². The first-order valence-corrected chi connectivity index (χ1v) is 6.28. The maximum absolute atomic E-state index is 9.02. The summed E-state index contributed by atoms with van der Waals surface area (Å²) in [7, 11) is 0. The Morgan fingerprint density at radius 1 is 1.27 bits per heavy atom. The fourth-order valence-electron chi connectivity index (χ4n) is 2.44. The first-order chi connectivity index (χ1) is 7.33. The Kier molecular flexibility index (Phi) is 5.69. The van der Waals surface area contributed by atoms with Gasteiger partial charge in [0.25, 0.3) is 0 Å². The molecule has 88 valence electrons. The third kappa shape index (κ3) is 3.49. The lowest BCUT2D eigenvalue weighted by atomic mass is 9.99. The minimum atomic E-state index is 0.380. The van der Waals surface area contributed by atoms with E-state index in [1.165, 1.54) is 32.4 Å². The average molecular weight is 212 g/mol. The molecule has 0 amide bonds. The summed E-state index contributed by atoms with van der Waals surface area (Å²) in [5.74, 6) is 0. The molecule has 1 rings (SSSR count). The van der Waals surface area contributed by atoms with Crippen molar-refractivity contribution in [3.05, 3.63) is 0 Å². The molecule has 1 aliphatic rings. The zero-order valence-corrected chi connectivity index (χ0v) is 10.1. The highest BCUT2D eigenvalue weighted by atomic mass is 16.4. The number of oxime groups is 1. The van der Waals surface area contributed by atoms with Crippen molar-refractivity contribution in [3.63, 3.8) is 0 Å². The van der Waals surface area contributed by atoms with Crippen molar-refractivity contribution in [2.24, 2.45) is 5.16 Å². The molecule has 1 heterocycles.